The molecule has 176 valence electrons. The monoisotopic (exact) mass is 468 g/mol. The number of aliphatic hydroxyl groups is 1. The molecule has 0 spiro atoms. The number of carbonyl (C=O) groups excluding carboxylic acids is 3. The van der Waals surface area contributed by atoms with E-state index >= 15 is 0 Å². The Kier molecular flexibility index (Phi) is 6.16. The normalized spacial score (nSPS) is 16.7. The summed E-state index contributed by atoms with van der Waals surface area (Å²) in [5, 5.41) is 15.1. The quantitative estimate of drug-likeness (QED) is 0.534. The fraction of sp³-hybridized carbons (Fsp3) is 0.208. The van der Waals surface area contributed by atoms with Gasteiger partial charge in [0.25, 0.3) is 11.8 Å². The van der Waals surface area contributed by atoms with Crippen LogP contribution in [0.5, 0.6) is 0 Å². The van der Waals surface area contributed by atoms with Gasteiger partial charge < -0.3 is 25.2 Å². The Morgan fingerprint density at radius 2 is 1.65 bits per heavy atom. The number of fused-ring (bicyclic) bond motifs is 3. The van der Waals surface area contributed by atoms with Crippen molar-refractivity contribution in [2.45, 2.75) is 25.1 Å². The molecule has 8 nitrogen and oxygen atoms in total. The Balaban J connectivity index is 1.51. The summed E-state index contributed by atoms with van der Waals surface area (Å²) in [4.78, 5) is 39.9. The second-order valence-corrected chi connectivity index (χ2v) is 7.97. The number of nitrogens with zero attached hydrogens (tertiary/aromatic N) is 2. The van der Waals surface area contributed by atoms with Gasteiger partial charge in [-0.25, -0.2) is 8.78 Å². The molecule has 0 saturated carbocycles. The van der Waals surface area contributed by atoms with E-state index in [1.165, 1.54) is 11.8 Å². The summed E-state index contributed by atoms with van der Waals surface area (Å²) in [6.45, 7) is 1.37. The van der Waals surface area contributed by atoms with Gasteiger partial charge in [-0.2, -0.15) is 0 Å². The third-order valence-electron chi connectivity index (χ3n) is 5.64. The molecule has 3 amide bonds. The summed E-state index contributed by atoms with van der Waals surface area (Å²) < 4.78 is 28.6. The molecule has 10 heteroatoms. The highest BCUT2D eigenvalue weighted by atomic mass is 19.1. The molecule has 3 unspecified atom stereocenters. The van der Waals surface area contributed by atoms with Crippen molar-refractivity contribution in [2.75, 3.05) is 11.9 Å². The van der Waals surface area contributed by atoms with E-state index in [1.807, 2.05) is 12.1 Å². The van der Waals surface area contributed by atoms with Gasteiger partial charge in [-0.05, 0) is 48.9 Å². The van der Waals surface area contributed by atoms with Crippen LogP contribution < -0.4 is 15.5 Å². The molecule has 34 heavy (non-hydrogen) atoms. The summed E-state index contributed by atoms with van der Waals surface area (Å²) in [7, 11) is 1.60. The number of likely N-dealkylation sites (N-methyl/N-ethyl adjacent to an activating group) is 1. The molecule has 4 rings (SSSR count). The molecule has 0 saturated heterocycles. The molecular formula is C24H22F2N4O4. The minimum Gasteiger partial charge on any atom is -0.378 e. The van der Waals surface area contributed by atoms with Crippen LogP contribution >= 0.6 is 0 Å². The standard InChI is InChI=1S/C24H22F2N4O4/c1-13(27-23(33)21(31)14-10-15(25)12-16(26)11-14)22(32)28-20-19-8-5-9-30(19)18-7-4-3-6-17(18)29(2)24(20)34/h3-13,20-21,31H,1-2H3,(H,27,33)(H,28,32). The van der Waals surface area contributed by atoms with Gasteiger partial charge in [-0.15, -0.1) is 0 Å². The van der Waals surface area contributed by atoms with Crippen molar-refractivity contribution in [2.24, 2.45) is 0 Å². The zero-order valence-electron chi connectivity index (χ0n) is 18.3. The molecule has 1 aliphatic heterocycles. The van der Waals surface area contributed by atoms with Crippen LogP contribution in [0.3, 0.4) is 0 Å². The molecule has 1 aliphatic rings. The average Bonchev–Trinajstić information content (AvgIpc) is 3.27. The molecule has 2 heterocycles. The minimum atomic E-state index is -1.89. The van der Waals surface area contributed by atoms with Crippen molar-refractivity contribution in [1.82, 2.24) is 15.2 Å². The molecule has 3 aromatic rings. The highest BCUT2D eigenvalue weighted by Gasteiger charge is 2.34. The maximum atomic E-state index is 13.4. The van der Waals surface area contributed by atoms with Crippen LogP contribution in [-0.2, 0) is 14.4 Å². The lowest BCUT2D eigenvalue weighted by Gasteiger charge is -2.24. The topological polar surface area (TPSA) is 104 Å². The number of anilines is 1. The fourth-order valence-corrected chi connectivity index (χ4v) is 3.88. The van der Waals surface area contributed by atoms with Crippen LogP contribution in [0.25, 0.3) is 5.69 Å². The highest BCUT2D eigenvalue weighted by molar-refractivity contribution is 6.02. The lowest BCUT2D eigenvalue weighted by molar-refractivity contribution is -0.134. The molecule has 0 fully saturated rings. The summed E-state index contributed by atoms with van der Waals surface area (Å²) >= 11 is 0. The van der Waals surface area contributed by atoms with Crippen molar-refractivity contribution < 1.29 is 28.3 Å². The molecule has 2 aromatic carbocycles. The van der Waals surface area contributed by atoms with Gasteiger partial charge in [0.2, 0.25) is 5.91 Å². The van der Waals surface area contributed by atoms with Gasteiger partial charge in [0.05, 0.1) is 17.1 Å². The van der Waals surface area contributed by atoms with Crippen molar-refractivity contribution in [3.63, 3.8) is 0 Å². The van der Waals surface area contributed by atoms with Gasteiger partial charge in [0.15, 0.2) is 6.10 Å². The first-order valence-corrected chi connectivity index (χ1v) is 10.5. The van der Waals surface area contributed by atoms with Crippen molar-refractivity contribution in [3.05, 3.63) is 83.7 Å². The summed E-state index contributed by atoms with van der Waals surface area (Å²) in [5.74, 6) is -3.99. The van der Waals surface area contributed by atoms with E-state index in [2.05, 4.69) is 10.6 Å². The Bertz CT molecular complexity index is 1260. The lowest BCUT2D eigenvalue weighted by Crippen LogP contribution is -2.50. The van der Waals surface area contributed by atoms with Gasteiger partial charge in [-0.3, -0.25) is 14.4 Å². The van der Waals surface area contributed by atoms with Crippen LogP contribution in [-0.4, -0.2) is 40.5 Å². The van der Waals surface area contributed by atoms with Gasteiger partial charge in [-0.1, -0.05) is 12.1 Å². The Morgan fingerprint density at radius 3 is 2.32 bits per heavy atom. The van der Waals surface area contributed by atoms with Gasteiger partial charge >= 0.3 is 0 Å². The van der Waals surface area contributed by atoms with E-state index in [0.29, 0.717) is 17.4 Å². The van der Waals surface area contributed by atoms with Crippen LogP contribution in [0.2, 0.25) is 0 Å². The molecule has 1 aromatic heterocycles. The highest BCUT2D eigenvalue weighted by Crippen LogP contribution is 2.33. The van der Waals surface area contributed by atoms with E-state index in [0.717, 1.165) is 17.8 Å². The van der Waals surface area contributed by atoms with Crippen LogP contribution in [0.4, 0.5) is 14.5 Å². The van der Waals surface area contributed by atoms with Gasteiger partial charge in [0.1, 0.15) is 23.7 Å². The lowest BCUT2D eigenvalue weighted by atomic mass is 10.1. The van der Waals surface area contributed by atoms with E-state index in [1.54, 1.807) is 42.1 Å². The number of nitrogens with one attached hydrogen (secondary N) is 2. The van der Waals surface area contributed by atoms with Crippen molar-refractivity contribution >= 4 is 23.4 Å². The zero-order valence-corrected chi connectivity index (χ0v) is 18.3. The smallest absolute Gasteiger partial charge is 0.255 e. The summed E-state index contributed by atoms with van der Waals surface area (Å²) in [6.07, 6.45) is -0.114. The minimum absolute atomic E-state index is 0.293. The predicted octanol–water partition coefficient (Wildman–Crippen LogP) is 2.13. The zero-order chi connectivity index (χ0) is 24.6. The Morgan fingerprint density at radius 1 is 1.00 bits per heavy atom. The molecule has 3 atom stereocenters. The number of benzene rings is 2. The number of carbonyl (C=O) groups is 3. The molecular weight excluding hydrogens is 446 g/mol. The number of hydrogen-bond donors (Lipinski definition) is 3. The summed E-state index contributed by atoms with van der Waals surface area (Å²) in [6, 6.07) is 10.8. The van der Waals surface area contributed by atoms with E-state index in [9.17, 15) is 28.3 Å². The first kappa shape index (κ1) is 23.1. The van der Waals surface area contributed by atoms with E-state index in [4.69, 9.17) is 0 Å². The van der Waals surface area contributed by atoms with Crippen LogP contribution in [0.15, 0.2) is 60.8 Å². The second-order valence-electron chi connectivity index (χ2n) is 7.97. The van der Waals surface area contributed by atoms with Crippen LogP contribution in [0.1, 0.15) is 30.3 Å². The number of amides is 3. The largest absolute Gasteiger partial charge is 0.378 e. The number of hydrogen-bond acceptors (Lipinski definition) is 4. The number of rotatable bonds is 5. The Labute approximate surface area is 193 Å². The molecule has 0 bridgehead atoms. The number of para-hydroxylation sites is 2. The molecule has 0 aliphatic carbocycles. The average molecular weight is 468 g/mol. The first-order chi connectivity index (χ1) is 16.2. The fourth-order valence-electron chi connectivity index (χ4n) is 3.88. The number of aliphatic hydroxyl groups excluding tert-OH is 1. The molecule has 3 N–H and O–H groups in total. The van der Waals surface area contributed by atoms with Crippen molar-refractivity contribution in [3.8, 4) is 5.69 Å². The first-order valence-electron chi connectivity index (χ1n) is 10.5. The maximum Gasteiger partial charge on any atom is 0.255 e. The third-order valence-corrected chi connectivity index (χ3v) is 5.64. The van der Waals surface area contributed by atoms with Crippen molar-refractivity contribution in [1.29, 1.82) is 0 Å². The predicted molar refractivity (Wildman–Crippen MR) is 119 cm³/mol. The van der Waals surface area contributed by atoms with Crippen LogP contribution in [0, 0.1) is 11.6 Å². The third kappa shape index (κ3) is 4.27. The Hall–Kier alpha value is -4.05. The SMILES string of the molecule is CC(NC(=O)C(O)c1cc(F)cc(F)c1)C(=O)NC1C(=O)N(C)c2ccccc2-n2cccc21. The summed E-state index contributed by atoms with van der Waals surface area (Å²) in [5.41, 5.74) is 1.66. The maximum absolute atomic E-state index is 13.4. The number of halogens is 2. The molecule has 0 radical (unpaired) electrons. The van der Waals surface area contributed by atoms with E-state index < -0.39 is 41.6 Å². The van der Waals surface area contributed by atoms with Gasteiger partial charge in [0, 0.05) is 19.3 Å². The second kappa shape index (κ2) is 9.06. The number of aromatic nitrogens is 1. The van der Waals surface area contributed by atoms with E-state index in [-0.39, 0.29) is 11.5 Å².